The van der Waals surface area contributed by atoms with Crippen molar-refractivity contribution < 1.29 is 23.1 Å². The van der Waals surface area contributed by atoms with E-state index < -0.39 is 33.3 Å². The van der Waals surface area contributed by atoms with Crippen molar-refractivity contribution in [1.82, 2.24) is 5.16 Å². The maximum absolute atomic E-state index is 13.2. The Morgan fingerprint density at radius 2 is 1.78 bits per heavy atom. The number of carbonyl (C=O) groups is 2. The number of anilines is 1. The number of benzene rings is 1. The van der Waals surface area contributed by atoms with Gasteiger partial charge in [0.1, 0.15) is 28.1 Å². The lowest BCUT2D eigenvalue weighted by Crippen LogP contribution is -2.40. The van der Waals surface area contributed by atoms with Crippen LogP contribution in [-0.2, 0) is 20.5 Å². The number of nitrogens with zero attached hydrogens (tertiary/aromatic N) is 3. The molecule has 2 aromatic rings. The number of rotatable bonds is 2. The van der Waals surface area contributed by atoms with Crippen molar-refractivity contribution in [3.63, 3.8) is 0 Å². The van der Waals surface area contributed by atoms with Crippen LogP contribution in [-0.4, -0.2) is 37.4 Å². The molecule has 8 nitrogen and oxygen atoms in total. The quantitative estimate of drug-likeness (QED) is 0.624. The van der Waals surface area contributed by atoms with Crippen molar-refractivity contribution in [2.24, 2.45) is 4.40 Å². The van der Waals surface area contributed by atoms with Gasteiger partial charge in [0, 0.05) is 11.1 Å². The first kappa shape index (κ1) is 25.8. The van der Waals surface area contributed by atoms with Gasteiger partial charge < -0.3 is 9.26 Å². The average molecular weight is 480 g/mol. The molecule has 0 N–H and O–H groups in total. The van der Waals surface area contributed by atoms with Crippen LogP contribution in [0, 0.1) is 13.8 Å². The fourth-order valence-electron chi connectivity index (χ4n) is 3.10. The third kappa shape index (κ3) is 4.96. The number of hydrogen-bond donors (Lipinski definition) is 0. The van der Waals surface area contributed by atoms with Crippen molar-refractivity contribution in [2.45, 2.75) is 65.7 Å². The molecule has 0 saturated heterocycles. The smallest absolute Gasteiger partial charge is 0.422 e. The van der Waals surface area contributed by atoms with Crippen LogP contribution in [0.5, 0.6) is 0 Å². The van der Waals surface area contributed by atoms with Gasteiger partial charge in [-0.05, 0) is 73.1 Å². The predicted molar refractivity (Wildman–Crippen MR) is 130 cm³/mol. The Balaban J connectivity index is 0.00000363. The van der Waals surface area contributed by atoms with Crippen LogP contribution >= 0.6 is 13.5 Å². The maximum Gasteiger partial charge on any atom is 0.422 e. The van der Waals surface area contributed by atoms with Gasteiger partial charge in [-0.3, -0.25) is 4.79 Å². The molecule has 10 heteroatoms. The van der Waals surface area contributed by atoms with Gasteiger partial charge in [-0.25, -0.2) is 13.9 Å². The third-order valence-corrected chi connectivity index (χ3v) is 5.89. The number of hydrogen-bond acceptors (Lipinski definition) is 6. The highest BCUT2D eigenvalue weighted by atomic mass is 32.2. The number of aryl methyl sites for hydroxylation is 2. The molecular formula is C22H29N3O5S2. The Hall–Kier alpha value is -2.46. The van der Waals surface area contributed by atoms with Gasteiger partial charge in [0.2, 0.25) is 0 Å². The number of amides is 2. The molecule has 1 aromatic carbocycles. The van der Waals surface area contributed by atoms with E-state index in [2.05, 4.69) is 9.55 Å². The molecule has 1 aliphatic heterocycles. The van der Waals surface area contributed by atoms with E-state index in [1.165, 1.54) is 0 Å². The number of aromatic nitrogens is 1. The molecule has 0 unspecified atom stereocenters. The van der Waals surface area contributed by atoms with E-state index in [4.69, 9.17) is 9.26 Å². The lowest BCUT2D eigenvalue weighted by atomic mass is 10.00. The van der Waals surface area contributed by atoms with E-state index in [1.807, 2.05) is 6.92 Å². The molecule has 0 fully saturated rings. The minimum atomic E-state index is -1.70. The molecule has 174 valence electrons. The molecule has 1 aromatic heterocycles. The summed E-state index contributed by atoms with van der Waals surface area (Å²) in [5.41, 5.74) is 2.16. The first-order valence-corrected chi connectivity index (χ1v) is 11.0. The number of fused-ring (bicyclic) bond motifs is 1. The molecule has 0 radical (unpaired) electrons. The summed E-state index contributed by atoms with van der Waals surface area (Å²) >= 11 is 0. The summed E-state index contributed by atoms with van der Waals surface area (Å²) in [6.45, 7) is 14.1. The Bertz CT molecular complexity index is 1100. The van der Waals surface area contributed by atoms with Crippen molar-refractivity contribution in [3.8, 4) is 11.1 Å². The van der Waals surface area contributed by atoms with Crippen LogP contribution in [0.15, 0.2) is 27.1 Å². The molecule has 2 heterocycles. The zero-order chi connectivity index (χ0) is 23.3. The minimum absolute atomic E-state index is 0. The Kier molecular flexibility index (Phi) is 7.11. The predicted octanol–water partition coefficient (Wildman–Crippen LogP) is 4.60. The molecule has 0 saturated carbocycles. The molecular weight excluding hydrogens is 450 g/mol. The second-order valence-electron chi connectivity index (χ2n) is 9.35. The standard InChI is InChI=1S/C22H27N3O5S.H2S/c1-12-17(13(2)30-23-12)14-9-10-16-15(11-14)18(24-31(28)22(6,7)8)19(26)25(16)20(27)29-21(3,4)5;/h9-11H,1-8H3;1H2/t31-;/m0./s1. The van der Waals surface area contributed by atoms with Gasteiger partial charge in [0.25, 0.3) is 5.91 Å². The van der Waals surface area contributed by atoms with Gasteiger partial charge in [0.05, 0.1) is 16.1 Å². The topological polar surface area (TPSA) is 102 Å². The highest BCUT2D eigenvalue weighted by molar-refractivity contribution is 7.85. The summed E-state index contributed by atoms with van der Waals surface area (Å²) in [6, 6.07) is 5.17. The Morgan fingerprint density at radius 1 is 1.16 bits per heavy atom. The van der Waals surface area contributed by atoms with E-state index in [0.29, 0.717) is 22.7 Å². The number of ether oxygens (including phenoxy) is 1. The summed E-state index contributed by atoms with van der Waals surface area (Å²) < 4.78 is 26.9. The highest BCUT2D eigenvalue weighted by Crippen LogP contribution is 2.36. The fraction of sp³-hybridized carbons (Fsp3) is 0.455. The van der Waals surface area contributed by atoms with Gasteiger partial charge in [0.15, 0.2) is 0 Å². The van der Waals surface area contributed by atoms with E-state index in [0.717, 1.165) is 16.0 Å². The number of imide groups is 1. The summed E-state index contributed by atoms with van der Waals surface area (Å²) in [5, 5.41) is 3.98. The highest BCUT2D eigenvalue weighted by Gasteiger charge is 2.41. The molecule has 0 bridgehead atoms. The second kappa shape index (κ2) is 8.82. The zero-order valence-corrected chi connectivity index (χ0v) is 21.3. The lowest BCUT2D eigenvalue weighted by molar-refractivity contribution is -0.112. The van der Waals surface area contributed by atoms with Crippen LogP contribution in [0.25, 0.3) is 11.1 Å². The van der Waals surface area contributed by atoms with Crippen molar-refractivity contribution >= 4 is 47.9 Å². The largest absolute Gasteiger partial charge is 0.443 e. The van der Waals surface area contributed by atoms with Crippen LogP contribution < -0.4 is 4.90 Å². The summed E-state index contributed by atoms with van der Waals surface area (Å²) in [4.78, 5) is 27.0. The van der Waals surface area contributed by atoms with Crippen molar-refractivity contribution in [3.05, 3.63) is 35.2 Å². The van der Waals surface area contributed by atoms with Crippen LogP contribution in [0.1, 0.15) is 58.6 Å². The molecule has 0 aliphatic carbocycles. The molecule has 3 rings (SSSR count). The average Bonchev–Trinajstić information content (AvgIpc) is 3.09. The summed E-state index contributed by atoms with van der Waals surface area (Å²) in [5.74, 6) is -0.0414. The molecule has 2 amide bonds. The Morgan fingerprint density at radius 3 is 2.28 bits per heavy atom. The van der Waals surface area contributed by atoms with E-state index in [9.17, 15) is 13.8 Å². The lowest BCUT2D eigenvalue weighted by Gasteiger charge is -2.23. The summed E-state index contributed by atoms with van der Waals surface area (Å²) in [6.07, 6.45) is -0.810. The van der Waals surface area contributed by atoms with Crippen molar-refractivity contribution in [1.29, 1.82) is 0 Å². The molecule has 32 heavy (non-hydrogen) atoms. The van der Waals surface area contributed by atoms with Crippen LogP contribution in [0.3, 0.4) is 0 Å². The minimum Gasteiger partial charge on any atom is -0.443 e. The summed E-state index contributed by atoms with van der Waals surface area (Å²) in [7, 11) is -1.70. The van der Waals surface area contributed by atoms with E-state index in [-0.39, 0.29) is 19.2 Å². The zero-order valence-electron chi connectivity index (χ0n) is 19.5. The van der Waals surface area contributed by atoms with E-state index >= 15 is 0 Å². The SMILES string of the molecule is Cc1noc(C)c1-c1ccc2c(c1)C(=N[S@@](=O)C(C)(C)C)C(=O)N2C(=O)OC(C)(C)C.S. The van der Waals surface area contributed by atoms with Crippen molar-refractivity contribution in [2.75, 3.05) is 4.90 Å². The van der Waals surface area contributed by atoms with Gasteiger partial charge in [-0.2, -0.15) is 17.9 Å². The fourth-order valence-corrected chi connectivity index (χ4v) is 3.71. The van der Waals surface area contributed by atoms with Gasteiger partial charge in [-0.15, -0.1) is 0 Å². The molecule has 1 aliphatic rings. The second-order valence-corrected chi connectivity index (χ2v) is 11.3. The first-order chi connectivity index (χ1) is 14.2. The normalized spacial score (nSPS) is 16.1. The van der Waals surface area contributed by atoms with Crippen LogP contribution in [0.2, 0.25) is 0 Å². The Labute approximate surface area is 197 Å². The maximum atomic E-state index is 13.2. The third-order valence-electron chi connectivity index (χ3n) is 4.49. The monoisotopic (exact) mass is 479 g/mol. The van der Waals surface area contributed by atoms with Gasteiger partial charge >= 0.3 is 6.09 Å². The number of carbonyl (C=O) groups excluding carboxylic acids is 2. The molecule has 0 spiro atoms. The van der Waals surface area contributed by atoms with E-state index in [1.54, 1.807) is 66.7 Å². The first-order valence-electron chi connectivity index (χ1n) is 9.86. The molecule has 1 atom stereocenters. The van der Waals surface area contributed by atoms with Gasteiger partial charge in [-0.1, -0.05) is 11.2 Å². The van der Waals surface area contributed by atoms with Crippen LogP contribution in [0.4, 0.5) is 10.5 Å².